The van der Waals surface area contributed by atoms with E-state index in [9.17, 15) is 4.79 Å². The summed E-state index contributed by atoms with van der Waals surface area (Å²) in [5.74, 6) is 0.124. The van der Waals surface area contributed by atoms with Crippen molar-refractivity contribution in [2.45, 2.75) is 6.92 Å². The molecule has 0 unspecified atom stereocenters. The first-order valence-corrected chi connectivity index (χ1v) is 8.18. The molecule has 1 aliphatic rings. The predicted molar refractivity (Wildman–Crippen MR) is 92.0 cm³/mol. The molecule has 0 bridgehead atoms. The van der Waals surface area contributed by atoms with Crippen LogP contribution in [0.25, 0.3) is 6.08 Å². The molecule has 1 amide bonds. The molecular weight excluding hydrogens is 298 g/mol. The van der Waals surface area contributed by atoms with Crippen LogP contribution in [0.4, 0.5) is 0 Å². The van der Waals surface area contributed by atoms with Gasteiger partial charge in [-0.25, -0.2) is 0 Å². The van der Waals surface area contributed by atoms with E-state index >= 15 is 0 Å². The number of nitrogens with one attached hydrogen (secondary N) is 1. The first-order valence-electron chi connectivity index (χ1n) is 7.81. The van der Waals surface area contributed by atoms with E-state index in [0.717, 1.165) is 37.7 Å². The lowest BCUT2D eigenvalue weighted by atomic mass is 10.2. The molecule has 0 atom stereocenters. The highest BCUT2D eigenvalue weighted by Crippen LogP contribution is 2.10. The maximum Gasteiger partial charge on any atom is 0.234 e. The van der Waals surface area contributed by atoms with Crippen LogP contribution in [0.3, 0.4) is 0 Å². The first-order chi connectivity index (χ1) is 10.7. The summed E-state index contributed by atoms with van der Waals surface area (Å²) in [6.07, 6.45) is 4.31. The zero-order valence-corrected chi connectivity index (χ0v) is 13.9. The maximum atomic E-state index is 11.6. The van der Waals surface area contributed by atoms with Crippen LogP contribution in [-0.2, 0) is 4.79 Å². The van der Waals surface area contributed by atoms with Crippen LogP contribution >= 0.6 is 11.6 Å². The van der Waals surface area contributed by atoms with Gasteiger partial charge in [-0.15, -0.1) is 0 Å². The zero-order chi connectivity index (χ0) is 15.8. The summed E-state index contributed by atoms with van der Waals surface area (Å²) in [5.41, 5.74) is 1.17. The van der Waals surface area contributed by atoms with E-state index < -0.39 is 0 Å². The molecule has 0 saturated carbocycles. The van der Waals surface area contributed by atoms with Crippen LogP contribution in [0, 0.1) is 0 Å². The zero-order valence-electron chi connectivity index (χ0n) is 13.1. The number of rotatable bonds is 6. The molecule has 22 heavy (non-hydrogen) atoms. The minimum Gasteiger partial charge on any atom is -0.355 e. The Morgan fingerprint density at radius 2 is 1.82 bits per heavy atom. The number of nitrogens with zero attached hydrogens (tertiary/aromatic N) is 2. The average Bonchev–Trinajstić information content (AvgIpc) is 2.51. The molecule has 120 valence electrons. The Bertz CT molecular complexity index is 493. The number of hydrogen-bond acceptors (Lipinski definition) is 3. The molecule has 1 fully saturated rings. The van der Waals surface area contributed by atoms with Crippen molar-refractivity contribution in [1.29, 1.82) is 0 Å². The van der Waals surface area contributed by atoms with Crippen molar-refractivity contribution in [1.82, 2.24) is 15.1 Å². The highest BCUT2D eigenvalue weighted by Gasteiger charge is 2.17. The summed E-state index contributed by atoms with van der Waals surface area (Å²) >= 11 is 5.87. The Morgan fingerprint density at radius 3 is 2.45 bits per heavy atom. The van der Waals surface area contributed by atoms with Gasteiger partial charge in [-0.05, 0) is 24.6 Å². The molecule has 1 aromatic carbocycles. The number of carbonyl (C=O) groups is 1. The van der Waals surface area contributed by atoms with Crippen molar-refractivity contribution in [3.05, 3.63) is 40.9 Å². The molecule has 5 heteroatoms. The minimum atomic E-state index is 0.124. The van der Waals surface area contributed by atoms with Crippen LogP contribution in [0.5, 0.6) is 0 Å². The number of carbonyl (C=O) groups excluding carboxylic acids is 1. The van der Waals surface area contributed by atoms with Crippen molar-refractivity contribution in [3.63, 3.8) is 0 Å². The van der Waals surface area contributed by atoms with Crippen molar-refractivity contribution in [2.24, 2.45) is 0 Å². The summed E-state index contributed by atoms with van der Waals surface area (Å²) in [6, 6.07) is 7.84. The fourth-order valence-corrected chi connectivity index (χ4v) is 2.62. The van der Waals surface area contributed by atoms with Gasteiger partial charge in [0.05, 0.1) is 6.54 Å². The van der Waals surface area contributed by atoms with E-state index in [4.69, 9.17) is 11.6 Å². The Labute approximate surface area is 137 Å². The van der Waals surface area contributed by atoms with E-state index in [1.165, 1.54) is 5.56 Å². The number of halogens is 1. The van der Waals surface area contributed by atoms with Gasteiger partial charge in [0.25, 0.3) is 0 Å². The Kier molecular flexibility index (Phi) is 6.90. The van der Waals surface area contributed by atoms with Gasteiger partial charge in [-0.1, -0.05) is 35.9 Å². The third kappa shape index (κ3) is 5.79. The highest BCUT2D eigenvalue weighted by molar-refractivity contribution is 6.30. The molecule has 0 radical (unpaired) electrons. The molecule has 1 heterocycles. The van der Waals surface area contributed by atoms with E-state index in [1.807, 2.05) is 31.2 Å². The number of likely N-dealkylation sites (N-methyl/N-ethyl adjacent to an activating group) is 1. The second-order valence-corrected chi connectivity index (χ2v) is 5.92. The van der Waals surface area contributed by atoms with Gasteiger partial charge in [0, 0.05) is 44.3 Å². The standard InChI is InChI=1S/C17H24ClN3O/c1-2-19-17(22)14-21-12-10-20(11-13-21)9-3-4-15-5-7-16(18)8-6-15/h3-8H,2,9-14H2,1H3,(H,19,22)/b4-3+. The summed E-state index contributed by atoms with van der Waals surface area (Å²) in [7, 11) is 0. The lowest BCUT2D eigenvalue weighted by molar-refractivity contribution is -0.122. The SMILES string of the molecule is CCNC(=O)CN1CCN(C/C=C/c2ccc(Cl)cc2)CC1. The van der Waals surface area contributed by atoms with Gasteiger partial charge in [0.2, 0.25) is 5.91 Å². The molecule has 2 rings (SSSR count). The normalized spacial score (nSPS) is 17.0. The molecule has 1 aliphatic heterocycles. The summed E-state index contributed by atoms with van der Waals surface area (Å²) in [5, 5.41) is 3.61. The molecular formula is C17H24ClN3O. The first kappa shape index (κ1) is 17.0. The topological polar surface area (TPSA) is 35.6 Å². The molecule has 1 aromatic rings. The van der Waals surface area contributed by atoms with Crippen molar-refractivity contribution in [3.8, 4) is 0 Å². The molecule has 4 nitrogen and oxygen atoms in total. The second kappa shape index (κ2) is 8.93. The molecule has 1 N–H and O–H groups in total. The Balaban J connectivity index is 1.69. The summed E-state index contributed by atoms with van der Waals surface area (Å²) in [4.78, 5) is 16.2. The summed E-state index contributed by atoms with van der Waals surface area (Å²) < 4.78 is 0. The third-order valence-electron chi connectivity index (χ3n) is 3.75. The van der Waals surface area contributed by atoms with Crippen LogP contribution in [-0.4, -0.2) is 61.5 Å². The van der Waals surface area contributed by atoms with Gasteiger partial charge >= 0.3 is 0 Å². The number of benzene rings is 1. The largest absolute Gasteiger partial charge is 0.355 e. The van der Waals surface area contributed by atoms with Crippen LogP contribution in [0.1, 0.15) is 12.5 Å². The molecule has 1 saturated heterocycles. The summed E-state index contributed by atoms with van der Waals surface area (Å²) in [6.45, 7) is 8.02. The smallest absolute Gasteiger partial charge is 0.234 e. The van der Waals surface area contributed by atoms with Crippen LogP contribution in [0.15, 0.2) is 30.3 Å². The van der Waals surface area contributed by atoms with Crippen molar-refractivity contribution < 1.29 is 4.79 Å². The predicted octanol–water partition coefficient (Wildman–Crippen LogP) is 2.11. The van der Waals surface area contributed by atoms with Gasteiger partial charge in [-0.3, -0.25) is 14.6 Å². The van der Waals surface area contributed by atoms with E-state index in [2.05, 4.69) is 27.3 Å². The van der Waals surface area contributed by atoms with Gasteiger partial charge in [0.1, 0.15) is 0 Å². The molecule has 0 aliphatic carbocycles. The van der Waals surface area contributed by atoms with Gasteiger partial charge in [-0.2, -0.15) is 0 Å². The van der Waals surface area contributed by atoms with Crippen LogP contribution < -0.4 is 5.32 Å². The van der Waals surface area contributed by atoms with E-state index in [0.29, 0.717) is 13.1 Å². The Hall–Kier alpha value is -1.36. The Morgan fingerprint density at radius 1 is 1.18 bits per heavy atom. The average molecular weight is 322 g/mol. The lowest BCUT2D eigenvalue weighted by Crippen LogP contribution is -2.49. The van der Waals surface area contributed by atoms with Crippen molar-refractivity contribution >= 4 is 23.6 Å². The second-order valence-electron chi connectivity index (χ2n) is 5.48. The van der Waals surface area contributed by atoms with Gasteiger partial charge < -0.3 is 5.32 Å². The quantitative estimate of drug-likeness (QED) is 0.871. The molecule has 0 aromatic heterocycles. The fourth-order valence-electron chi connectivity index (χ4n) is 2.50. The maximum absolute atomic E-state index is 11.6. The van der Waals surface area contributed by atoms with Gasteiger partial charge in [0.15, 0.2) is 0 Å². The highest BCUT2D eigenvalue weighted by atomic mass is 35.5. The van der Waals surface area contributed by atoms with E-state index in [1.54, 1.807) is 0 Å². The number of hydrogen-bond donors (Lipinski definition) is 1. The third-order valence-corrected chi connectivity index (χ3v) is 4.00. The lowest BCUT2D eigenvalue weighted by Gasteiger charge is -2.33. The minimum absolute atomic E-state index is 0.124. The molecule has 0 spiro atoms. The van der Waals surface area contributed by atoms with Crippen LogP contribution in [0.2, 0.25) is 5.02 Å². The number of piperazine rings is 1. The number of amides is 1. The monoisotopic (exact) mass is 321 g/mol. The fraction of sp³-hybridized carbons (Fsp3) is 0.471. The van der Waals surface area contributed by atoms with E-state index in [-0.39, 0.29) is 5.91 Å². The van der Waals surface area contributed by atoms with Crippen molar-refractivity contribution in [2.75, 3.05) is 45.8 Å².